The molecule has 2 saturated heterocycles. The Labute approximate surface area is 136 Å². The first kappa shape index (κ1) is 15.9. The van der Waals surface area contributed by atoms with Gasteiger partial charge in [0.1, 0.15) is 0 Å². The molecule has 2 aliphatic rings. The number of hydrogen-bond acceptors (Lipinski definition) is 5. The molecule has 122 valence electrons. The normalized spacial score (nSPS) is 26.8. The lowest BCUT2D eigenvalue weighted by molar-refractivity contribution is -0.120. The van der Waals surface area contributed by atoms with Crippen molar-refractivity contribution in [1.29, 1.82) is 0 Å². The van der Waals surface area contributed by atoms with Gasteiger partial charge < -0.3 is 10.6 Å². The van der Waals surface area contributed by atoms with Gasteiger partial charge >= 0.3 is 0 Å². The summed E-state index contributed by atoms with van der Waals surface area (Å²) in [5.41, 5.74) is 1.08. The fourth-order valence-corrected chi connectivity index (χ4v) is 4.08. The first-order valence-corrected chi connectivity index (χ1v) is 9.27. The van der Waals surface area contributed by atoms with Gasteiger partial charge in [0.15, 0.2) is 5.13 Å². The van der Waals surface area contributed by atoms with Crippen LogP contribution in [0.3, 0.4) is 0 Å². The molecule has 0 bridgehead atoms. The molecule has 1 amide bonds. The van der Waals surface area contributed by atoms with Crippen molar-refractivity contribution in [3.8, 4) is 0 Å². The second-order valence-corrected chi connectivity index (χ2v) is 7.52. The Morgan fingerprint density at radius 2 is 2.41 bits per heavy atom. The van der Waals surface area contributed by atoms with E-state index in [9.17, 15) is 4.79 Å². The largest absolute Gasteiger partial charge is 0.316 e. The highest BCUT2D eigenvalue weighted by atomic mass is 32.1. The number of rotatable bonds is 4. The lowest BCUT2D eigenvalue weighted by Gasteiger charge is -2.30. The van der Waals surface area contributed by atoms with Crippen molar-refractivity contribution >= 4 is 22.4 Å². The second kappa shape index (κ2) is 7.53. The number of thiazole rings is 1. The average Bonchev–Trinajstić information content (AvgIpc) is 2.95. The van der Waals surface area contributed by atoms with Crippen LogP contribution in [0.15, 0.2) is 5.38 Å². The molecule has 1 aromatic heterocycles. The number of aromatic nitrogens is 1. The van der Waals surface area contributed by atoms with Gasteiger partial charge in [0.25, 0.3) is 0 Å². The molecule has 0 saturated carbocycles. The van der Waals surface area contributed by atoms with Crippen LogP contribution in [0.1, 0.15) is 38.3 Å². The molecule has 3 rings (SSSR count). The van der Waals surface area contributed by atoms with Crippen LogP contribution < -0.4 is 10.6 Å². The number of nitrogens with one attached hydrogen (secondary N) is 2. The zero-order valence-electron chi connectivity index (χ0n) is 13.3. The van der Waals surface area contributed by atoms with E-state index in [-0.39, 0.29) is 11.8 Å². The predicted molar refractivity (Wildman–Crippen MR) is 90.0 cm³/mol. The summed E-state index contributed by atoms with van der Waals surface area (Å²) in [6.45, 7) is 7.36. The number of carbonyl (C=O) groups is 1. The Hall–Kier alpha value is -0.980. The van der Waals surface area contributed by atoms with E-state index in [1.807, 2.05) is 0 Å². The fraction of sp³-hybridized carbons (Fsp3) is 0.750. The number of anilines is 1. The van der Waals surface area contributed by atoms with E-state index in [0.29, 0.717) is 0 Å². The van der Waals surface area contributed by atoms with E-state index >= 15 is 0 Å². The Kier molecular flexibility index (Phi) is 5.44. The van der Waals surface area contributed by atoms with E-state index < -0.39 is 0 Å². The van der Waals surface area contributed by atoms with Gasteiger partial charge in [-0.1, -0.05) is 6.92 Å². The summed E-state index contributed by atoms with van der Waals surface area (Å²) in [6.07, 6.45) is 4.67. The van der Waals surface area contributed by atoms with Crippen molar-refractivity contribution in [3.63, 3.8) is 0 Å². The minimum Gasteiger partial charge on any atom is -0.316 e. The van der Waals surface area contributed by atoms with Gasteiger partial charge in [0.05, 0.1) is 11.6 Å². The SMILES string of the molecule is CC1CCCN(Cc2csc(NC(=O)C3CCCNC3)n2)C1. The molecule has 3 heterocycles. The average molecular weight is 322 g/mol. The number of piperidine rings is 2. The summed E-state index contributed by atoms with van der Waals surface area (Å²) in [5.74, 6) is 0.981. The fourth-order valence-electron chi connectivity index (χ4n) is 3.38. The van der Waals surface area contributed by atoms with E-state index in [4.69, 9.17) is 0 Å². The highest BCUT2D eigenvalue weighted by molar-refractivity contribution is 7.13. The molecule has 2 atom stereocenters. The van der Waals surface area contributed by atoms with Crippen LogP contribution in [0, 0.1) is 11.8 Å². The molecule has 22 heavy (non-hydrogen) atoms. The molecule has 2 unspecified atom stereocenters. The van der Waals surface area contributed by atoms with Gasteiger partial charge in [0, 0.05) is 25.0 Å². The highest BCUT2D eigenvalue weighted by Crippen LogP contribution is 2.22. The Morgan fingerprint density at radius 3 is 3.18 bits per heavy atom. The predicted octanol–water partition coefficient (Wildman–Crippen LogP) is 2.31. The van der Waals surface area contributed by atoms with Gasteiger partial charge in [-0.15, -0.1) is 11.3 Å². The molecule has 6 heteroatoms. The maximum atomic E-state index is 12.2. The zero-order chi connectivity index (χ0) is 15.4. The number of nitrogens with zero attached hydrogens (tertiary/aromatic N) is 2. The molecule has 2 fully saturated rings. The third-order valence-electron chi connectivity index (χ3n) is 4.58. The molecule has 0 aromatic carbocycles. The third kappa shape index (κ3) is 4.27. The Morgan fingerprint density at radius 1 is 1.50 bits per heavy atom. The van der Waals surface area contributed by atoms with Crippen LogP contribution in [0.25, 0.3) is 0 Å². The van der Waals surface area contributed by atoms with Crippen molar-refractivity contribution in [2.24, 2.45) is 11.8 Å². The van der Waals surface area contributed by atoms with E-state index in [2.05, 4.69) is 32.8 Å². The monoisotopic (exact) mass is 322 g/mol. The smallest absolute Gasteiger partial charge is 0.230 e. The van der Waals surface area contributed by atoms with Gasteiger partial charge in [-0.2, -0.15) is 0 Å². The minimum atomic E-state index is 0.0871. The topological polar surface area (TPSA) is 57.3 Å². The minimum absolute atomic E-state index is 0.0871. The first-order valence-electron chi connectivity index (χ1n) is 8.39. The van der Waals surface area contributed by atoms with Gasteiger partial charge in [-0.05, 0) is 44.7 Å². The first-order chi connectivity index (χ1) is 10.7. The van der Waals surface area contributed by atoms with Gasteiger partial charge in [0.2, 0.25) is 5.91 Å². The van der Waals surface area contributed by atoms with Crippen molar-refractivity contribution in [3.05, 3.63) is 11.1 Å². The summed E-state index contributed by atoms with van der Waals surface area (Å²) in [4.78, 5) is 19.3. The maximum absolute atomic E-state index is 12.2. The number of hydrogen-bond donors (Lipinski definition) is 2. The van der Waals surface area contributed by atoms with Crippen molar-refractivity contribution in [2.75, 3.05) is 31.5 Å². The molecule has 1 aromatic rings. The molecular formula is C16H26N4OS. The van der Waals surface area contributed by atoms with E-state index in [1.165, 1.54) is 12.8 Å². The second-order valence-electron chi connectivity index (χ2n) is 6.66. The van der Waals surface area contributed by atoms with Gasteiger partial charge in [-0.3, -0.25) is 9.69 Å². The summed E-state index contributed by atoms with van der Waals surface area (Å²) in [6, 6.07) is 0. The standard InChI is InChI=1S/C16H26N4OS/c1-12-4-3-7-20(9-12)10-14-11-22-16(18-14)19-15(21)13-5-2-6-17-8-13/h11-13,17H,2-10H2,1H3,(H,18,19,21). The maximum Gasteiger partial charge on any atom is 0.230 e. The third-order valence-corrected chi connectivity index (χ3v) is 5.38. The van der Waals surface area contributed by atoms with Crippen LogP contribution in [0.4, 0.5) is 5.13 Å². The Balaban J connectivity index is 1.51. The number of carbonyl (C=O) groups excluding carboxylic acids is 1. The molecule has 2 aliphatic heterocycles. The highest BCUT2D eigenvalue weighted by Gasteiger charge is 2.22. The van der Waals surface area contributed by atoms with Gasteiger partial charge in [-0.25, -0.2) is 4.98 Å². The summed E-state index contributed by atoms with van der Waals surface area (Å²) in [7, 11) is 0. The lowest BCUT2D eigenvalue weighted by atomic mass is 9.99. The summed E-state index contributed by atoms with van der Waals surface area (Å²) < 4.78 is 0. The molecular weight excluding hydrogens is 296 g/mol. The molecule has 5 nitrogen and oxygen atoms in total. The lowest BCUT2D eigenvalue weighted by Crippen LogP contribution is -2.37. The summed E-state index contributed by atoms with van der Waals surface area (Å²) >= 11 is 1.54. The molecule has 0 radical (unpaired) electrons. The summed E-state index contributed by atoms with van der Waals surface area (Å²) in [5, 5.41) is 9.09. The van der Waals surface area contributed by atoms with Crippen molar-refractivity contribution in [2.45, 2.75) is 39.2 Å². The quantitative estimate of drug-likeness (QED) is 0.893. The van der Waals surface area contributed by atoms with Crippen molar-refractivity contribution in [1.82, 2.24) is 15.2 Å². The molecule has 2 N–H and O–H groups in total. The van der Waals surface area contributed by atoms with Crippen LogP contribution in [0.5, 0.6) is 0 Å². The number of amides is 1. The zero-order valence-corrected chi connectivity index (χ0v) is 14.1. The van der Waals surface area contributed by atoms with E-state index in [1.54, 1.807) is 11.3 Å². The van der Waals surface area contributed by atoms with Crippen LogP contribution >= 0.6 is 11.3 Å². The van der Waals surface area contributed by atoms with Crippen LogP contribution in [0.2, 0.25) is 0 Å². The number of likely N-dealkylation sites (tertiary alicyclic amines) is 1. The van der Waals surface area contributed by atoms with E-state index in [0.717, 1.165) is 62.3 Å². The molecule has 0 aliphatic carbocycles. The van der Waals surface area contributed by atoms with Crippen LogP contribution in [-0.2, 0) is 11.3 Å². The van der Waals surface area contributed by atoms with Crippen molar-refractivity contribution < 1.29 is 4.79 Å². The molecule has 0 spiro atoms. The Bertz CT molecular complexity index is 498. The van der Waals surface area contributed by atoms with Crippen LogP contribution in [-0.4, -0.2) is 42.0 Å².